The summed E-state index contributed by atoms with van der Waals surface area (Å²) in [6, 6.07) is 0. The van der Waals surface area contributed by atoms with Gasteiger partial charge in [0.2, 0.25) is 0 Å². The van der Waals surface area contributed by atoms with Crippen LogP contribution >= 0.6 is 0 Å². The van der Waals surface area contributed by atoms with Gasteiger partial charge in [0.15, 0.2) is 0 Å². The van der Waals surface area contributed by atoms with Gasteiger partial charge in [0.25, 0.3) is 0 Å². The molecule has 0 aliphatic heterocycles. The SMILES string of the molecule is NC1(N)C2CCC(C2)C12CCCC2. The maximum absolute atomic E-state index is 6.38. The van der Waals surface area contributed by atoms with Crippen LogP contribution in [0.2, 0.25) is 0 Å². The molecule has 3 fully saturated rings. The summed E-state index contributed by atoms with van der Waals surface area (Å²) >= 11 is 0. The maximum Gasteiger partial charge on any atom is 0.0726 e. The molecule has 3 aliphatic carbocycles. The minimum atomic E-state index is -0.313. The third-order valence-corrected chi connectivity index (χ3v) is 5.25. The monoisotopic (exact) mass is 180 g/mol. The van der Waals surface area contributed by atoms with E-state index < -0.39 is 0 Å². The van der Waals surface area contributed by atoms with E-state index in [2.05, 4.69) is 0 Å². The van der Waals surface area contributed by atoms with E-state index >= 15 is 0 Å². The first-order valence-corrected chi connectivity index (χ1v) is 5.74. The highest BCUT2D eigenvalue weighted by atomic mass is 15.0. The lowest BCUT2D eigenvalue weighted by Gasteiger charge is -2.47. The summed E-state index contributed by atoms with van der Waals surface area (Å²) in [7, 11) is 0. The highest BCUT2D eigenvalue weighted by molar-refractivity contribution is 5.16. The Kier molecular flexibility index (Phi) is 1.45. The number of rotatable bonds is 0. The van der Waals surface area contributed by atoms with Crippen molar-refractivity contribution in [2.45, 2.75) is 50.6 Å². The van der Waals surface area contributed by atoms with E-state index in [1.165, 1.54) is 44.9 Å². The van der Waals surface area contributed by atoms with E-state index in [4.69, 9.17) is 11.5 Å². The van der Waals surface area contributed by atoms with Crippen molar-refractivity contribution in [1.29, 1.82) is 0 Å². The zero-order chi connectivity index (χ0) is 9.10. The first-order chi connectivity index (χ1) is 6.17. The lowest BCUT2D eigenvalue weighted by Crippen LogP contribution is -2.64. The maximum atomic E-state index is 6.38. The third-order valence-electron chi connectivity index (χ3n) is 5.25. The molecule has 4 N–H and O–H groups in total. The van der Waals surface area contributed by atoms with Gasteiger partial charge in [-0.2, -0.15) is 0 Å². The molecule has 0 radical (unpaired) electrons. The van der Waals surface area contributed by atoms with Crippen LogP contribution < -0.4 is 11.5 Å². The molecule has 2 atom stereocenters. The Morgan fingerprint density at radius 1 is 0.923 bits per heavy atom. The predicted octanol–water partition coefficient (Wildman–Crippen LogP) is 1.59. The molecule has 0 aromatic carbocycles. The number of hydrogen-bond donors (Lipinski definition) is 2. The molecule has 2 heteroatoms. The molecule has 0 amide bonds. The fraction of sp³-hybridized carbons (Fsp3) is 1.00. The van der Waals surface area contributed by atoms with Crippen LogP contribution in [0.1, 0.15) is 44.9 Å². The Morgan fingerprint density at radius 2 is 1.54 bits per heavy atom. The van der Waals surface area contributed by atoms with Crippen LogP contribution in [-0.4, -0.2) is 5.66 Å². The first kappa shape index (κ1) is 8.25. The molecule has 0 aromatic heterocycles. The summed E-state index contributed by atoms with van der Waals surface area (Å²) in [6.07, 6.45) is 9.36. The van der Waals surface area contributed by atoms with E-state index in [0.717, 1.165) is 5.92 Å². The fourth-order valence-corrected chi connectivity index (χ4v) is 4.52. The van der Waals surface area contributed by atoms with Gasteiger partial charge in [-0.25, -0.2) is 0 Å². The lowest BCUT2D eigenvalue weighted by atomic mass is 9.65. The Morgan fingerprint density at radius 3 is 2.08 bits per heavy atom. The zero-order valence-electron chi connectivity index (χ0n) is 8.26. The van der Waals surface area contributed by atoms with Gasteiger partial charge in [0, 0.05) is 5.41 Å². The van der Waals surface area contributed by atoms with E-state index in [-0.39, 0.29) is 5.66 Å². The van der Waals surface area contributed by atoms with Gasteiger partial charge in [0.05, 0.1) is 5.66 Å². The second kappa shape index (κ2) is 2.29. The average Bonchev–Trinajstić information content (AvgIpc) is 2.75. The zero-order valence-corrected chi connectivity index (χ0v) is 8.26. The topological polar surface area (TPSA) is 52.0 Å². The van der Waals surface area contributed by atoms with Crippen molar-refractivity contribution in [3.8, 4) is 0 Å². The molecule has 2 nitrogen and oxygen atoms in total. The Balaban J connectivity index is 2.02. The van der Waals surface area contributed by atoms with Gasteiger partial charge >= 0.3 is 0 Å². The molecular formula is C11H20N2. The van der Waals surface area contributed by atoms with Crippen LogP contribution in [0.5, 0.6) is 0 Å². The molecule has 0 saturated heterocycles. The highest BCUT2D eigenvalue weighted by Crippen LogP contribution is 2.64. The molecule has 1 spiro atoms. The Labute approximate surface area is 80.1 Å². The molecule has 74 valence electrons. The fourth-order valence-electron chi connectivity index (χ4n) is 4.52. The van der Waals surface area contributed by atoms with Gasteiger partial charge in [-0.3, -0.25) is 0 Å². The molecular weight excluding hydrogens is 160 g/mol. The van der Waals surface area contributed by atoms with E-state index in [1.54, 1.807) is 0 Å². The quantitative estimate of drug-likeness (QED) is 0.556. The molecule has 2 bridgehead atoms. The van der Waals surface area contributed by atoms with Crippen LogP contribution in [-0.2, 0) is 0 Å². The highest BCUT2D eigenvalue weighted by Gasteiger charge is 2.64. The van der Waals surface area contributed by atoms with Crippen molar-refractivity contribution in [3.05, 3.63) is 0 Å². The van der Waals surface area contributed by atoms with Gasteiger partial charge in [-0.05, 0) is 43.9 Å². The first-order valence-electron chi connectivity index (χ1n) is 5.74. The van der Waals surface area contributed by atoms with E-state index in [1.807, 2.05) is 0 Å². The summed E-state index contributed by atoms with van der Waals surface area (Å²) < 4.78 is 0. The van der Waals surface area contributed by atoms with Gasteiger partial charge < -0.3 is 11.5 Å². The molecule has 3 aliphatic rings. The van der Waals surface area contributed by atoms with Crippen molar-refractivity contribution >= 4 is 0 Å². The van der Waals surface area contributed by atoms with Crippen molar-refractivity contribution in [2.24, 2.45) is 28.7 Å². The molecule has 3 saturated carbocycles. The molecule has 13 heavy (non-hydrogen) atoms. The van der Waals surface area contributed by atoms with Crippen LogP contribution in [0.15, 0.2) is 0 Å². The molecule has 3 rings (SSSR count). The molecule has 0 heterocycles. The van der Waals surface area contributed by atoms with Gasteiger partial charge in [-0.1, -0.05) is 12.8 Å². The van der Waals surface area contributed by atoms with Gasteiger partial charge in [0.1, 0.15) is 0 Å². The summed E-state index contributed by atoms with van der Waals surface area (Å²) in [4.78, 5) is 0. The van der Waals surface area contributed by atoms with E-state index in [0.29, 0.717) is 11.3 Å². The minimum absolute atomic E-state index is 0.313. The second-order valence-electron chi connectivity index (χ2n) is 5.50. The van der Waals surface area contributed by atoms with Gasteiger partial charge in [-0.15, -0.1) is 0 Å². The van der Waals surface area contributed by atoms with Crippen molar-refractivity contribution in [1.82, 2.24) is 0 Å². The normalized spacial score (nSPS) is 44.8. The van der Waals surface area contributed by atoms with Crippen molar-refractivity contribution < 1.29 is 0 Å². The Hall–Kier alpha value is -0.0800. The number of nitrogens with two attached hydrogens (primary N) is 2. The van der Waals surface area contributed by atoms with E-state index in [9.17, 15) is 0 Å². The number of hydrogen-bond acceptors (Lipinski definition) is 2. The van der Waals surface area contributed by atoms with Crippen LogP contribution in [0.4, 0.5) is 0 Å². The minimum Gasteiger partial charge on any atom is -0.313 e. The standard InChI is InChI=1S/C11H20N2/c12-11(13)9-4-3-8(7-9)10(11)5-1-2-6-10/h8-9H,1-7,12-13H2. The smallest absolute Gasteiger partial charge is 0.0726 e. The van der Waals surface area contributed by atoms with Crippen LogP contribution in [0.25, 0.3) is 0 Å². The predicted molar refractivity (Wildman–Crippen MR) is 52.8 cm³/mol. The van der Waals surface area contributed by atoms with Crippen molar-refractivity contribution in [3.63, 3.8) is 0 Å². The summed E-state index contributed by atoms with van der Waals surface area (Å²) in [6.45, 7) is 0. The average molecular weight is 180 g/mol. The number of fused-ring (bicyclic) bond motifs is 3. The largest absolute Gasteiger partial charge is 0.313 e. The Bertz CT molecular complexity index is 228. The summed E-state index contributed by atoms with van der Waals surface area (Å²) in [5, 5.41) is 0. The summed E-state index contributed by atoms with van der Waals surface area (Å²) in [5.41, 5.74) is 12.8. The van der Waals surface area contributed by atoms with Crippen LogP contribution in [0.3, 0.4) is 0 Å². The third kappa shape index (κ3) is 0.774. The van der Waals surface area contributed by atoms with Crippen molar-refractivity contribution in [2.75, 3.05) is 0 Å². The second-order valence-corrected chi connectivity index (χ2v) is 5.50. The van der Waals surface area contributed by atoms with Crippen LogP contribution in [0, 0.1) is 17.3 Å². The molecule has 0 aromatic rings. The molecule has 2 unspecified atom stereocenters. The summed E-state index contributed by atoms with van der Waals surface area (Å²) in [5.74, 6) is 1.51. The lowest BCUT2D eigenvalue weighted by molar-refractivity contribution is 0.0585.